The monoisotopic (exact) mass is 549 g/mol. The molecule has 0 unspecified atom stereocenters. The number of nitrogen functional groups attached to an aromatic ring is 1. The SMILES string of the molecule is Cc1ncc(C(=O)N(Cc2ccc3cc(Cl)c(N)nc3c2)c2cccnc2S(C)(=O)=O)cc1C(F)(F)F. The third kappa shape index (κ3) is 5.49. The predicted octanol–water partition coefficient (Wildman–Crippen LogP) is 4.84. The number of carbonyl (C=O) groups is 1. The molecule has 2 N–H and O–H groups in total. The minimum absolute atomic E-state index is 0.0938. The van der Waals surface area contributed by atoms with Crippen LogP contribution in [0.5, 0.6) is 0 Å². The minimum Gasteiger partial charge on any atom is -0.382 e. The van der Waals surface area contributed by atoms with Crippen LogP contribution in [0.4, 0.5) is 24.7 Å². The largest absolute Gasteiger partial charge is 0.418 e. The molecule has 4 aromatic rings. The number of benzene rings is 1. The number of amides is 1. The quantitative estimate of drug-likeness (QED) is 0.378. The van der Waals surface area contributed by atoms with Gasteiger partial charge in [-0.05, 0) is 42.8 Å². The fraction of sp³-hybridized carbons (Fsp3) is 0.167. The zero-order valence-corrected chi connectivity index (χ0v) is 21.0. The van der Waals surface area contributed by atoms with Crippen LogP contribution in [0.2, 0.25) is 5.02 Å². The van der Waals surface area contributed by atoms with Crippen LogP contribution in [0, 0.1) is 6.92 Å². The van der Waals surface area contributed by atoms with E-state index in [1.807, 2.05) is 0 Å². The topological polar surface area (TPSA) is 119 Å². The summed E-state index contributed by atoms with van der Waals surface area (Å²) in [6, 6.07) is 10.0. The fourth-order valence-corrected chi connectivity index (χ4v) is 4.69. The maximum Gasteiger partial charge on any atom is 0.418 e. The number of sulfone groups is 1. The molecule has 0 aliphatic carbocycles. The number of aromatic nitrogens is 3. The third-order valence-corrected chi connectivity index (χ3v) is 6.80. The highest BCUT2D eigenvalue weighted by Crippen LogP contribution is 2.33. The van der Waals surface area contributed by atoms with Gasteiger partial charge in [0.25, 0.3) is 5.91 Å². The number of halogens is 4. The van der Waals surface area contributed by atoms with Crippen LogP contribution in [0.1, 0.15) is 27.2 Å². The molecule has 0 spiro atoms. The molecule has 0 fully saturated rings. The van der Waals surface area contributed by atoms with Gasteiger partial charge in [0.2, 0.25) is 0 Å². The number of nitrogens with zero attached hydrogens (tertiary/aromatic N) is 4. The lowest BCUT2D eigenvalue weighted by Crippen LogP contribution is -2.32. The number of rotatable bonds is 5. The van der Waals surface area contributed by atoms with Crippen molar-refractivity contribution in [3.05, 3.63) is 82.3 Å². The van der Waals surface area contributed by atoms with E-state index in [0.717, 1.165) is 17.4 Å². The number of hydrogen-bond donors (Lipinski definition) is 1. The van der Waals surface area contributed by atoms with Crippen molar-refractivity contribution in [2.45, 2.75) is 24.7 Å². The molecule has 192 valence electrons. The summed E-state index contributed by atoms with van der Waals surface area (Å²) >= 11 is 6.03. The molecule has 0 aliphatic heterocycles. The molecule has 1 amide bonds. The molecule has 13 heteroatoms. The van der Waals surface area contributed by atoms with Crippen LogP contribution in [0.15, 0.2) is 59.9 Å². The van der Waals surface area contributed by atoms with Crippen LogP contribution in [-0.2, 0) is 22.6 Å². The van der Waals surface area contributed by atoms with Crippen molar-refractivity contribution < 1.29 is 26.4 Å². The second-order valence-corrected chi connectivity index (χ2v) is 10.6. The van der Waals surface area contributed by atoms with E-state index in [0.29, 0.717) is 22.5 Å². The van der Waals surface area contributed by atoms with Gasteiger partial charge in [-0.25, -0.2) is 18.4 Å². The standard InChI is InChI=1S/C24H19ClF3N5O3S/c1-13-17(24(26,27)28)9-16(11-31-13)23(34)33(20-4-3-7-30-22(20)37(2,35)36)12-14-5-6-15-10-18(25)21(29)32-19(15)8-14/h3-11H,12H2,1-2H3,(H2,29,32). The molecular formula is C24H19ClF3N5O3S. The number of carbonyl (C=O) groups excluding carboxylic acids is 1. The predicted molar refractivity (Wildman–Crippen MR) is 133 cm³/mol. The molecule has 0 saturated heterocycles. The first-order chi connectivity index (χ1) is 17.3. The molecule has 0 radical (unpaired) electrons. The van der Waals surface area contributed by atoms with E-state index in [1.165, 1.54) is 25.3 Å². The Balaban J connectivity index is 1.87. The summed E-state index contributed by atoms with van der Waals surface area (Å²) in [6.45, 7) is 0.959. The van der Waals surface area contributed by atoms with E-state index < -0.39 is 32.5 Å². The van der Waals surface area contributed by atoms with Gasteiger partial charge in [-0.1, -0.05) is 23.7 Å². The highest BCUT2D eigenvalue weighted by atomic mass is 35.5. The van der Waals surface area contributed by atoms with E-state index in [-0.39, 0.29) is 34.3 Å². The van der Waals surface area contributed by atoms with Crippen LogP contribution >= 0.6 is 11.6 Å². The number of anilines is 2. The summed E-state index contributed by atoms with van der Waals surface area (Å²) in [5, 5.41) is 0.517. The Morgan fingerprint density at radius 1 is 1.14 bits per heavy atom. The van der Waals surface area contributed by atoms with Gasteiger partial charge in [0.15, 0.2) is 14.9 Å². The normalized spacial score (nSPS) is 12.1. The van der Waals surface area contributed by atoms with Crippen LogP contribution in [-0.4, -0.2) is 35.5 Å². The third-order valence-electron chi connectivity index (χ3n) is 5.48. The number of pyridine rings is 3. The smallest absolute Gasteiger partial charge is 0.382 e. The van der Waals surface area contributed by atoms with Gasteiger partial charge in [-0.2, -0.15) is 13.2 Å². The molecule has 1 aromatic carbocycles. The molecule has 0 saturated carbocycles. The lowest BCUT2D eigenvalue weighted by Gasteiger charge is -2.25. The molecule has 37 heavy (non-hydrogen) atoms. The molecule has 0 aliphatic rings. The summed E-state index contributed by atoms with van der Waals surface area (Å²) in [4.78, 5) is 26.5. The average molecular weight is 550 g/mol. The van der Waals surface area contributed by atoms with Crippen molar-refractivity contribution in [2.75, 3.05) is 16.9 Å². The van der Waals surface area contributed by atoms with E-state index >= 15 is 0 Å². The first-order valence-electron chi connectivity index (χ1n) is 10.6. The van der Waals surface area contributed by atoms with Crippen molar-refractivity contribution in [1.82, 2.24) is 15.0 Å². The molecule has 0 atom stereocenters. The van der Waals surface area contributed by atoms with E-state index in [2.05, 4.69) is 15.0 Å². The summed E-state index contributed by atoms with van der Waals surface area (Å²) in [7, 11) is -3.91. The number of nitrogens with two attached hydrogens (primary N) is 1. The molecule has 4 rings (SSSR count). The van der Waals surface area contributed by atoms with Gasteiger partial charge < -0.3 is 10.6 Å². The number of fused-ring (bicyclic) bond motifs is 1. The van der Waals surface area contributed by atoms with Gasteiger partial charge in [-0.3, -0.25) is 9.78 Å². The first kappa shape index (κ1) is 26.3. The summed E-state index contributed by atoms with van der Waals surface area (Å²) < 4.78 is 65.4. The van der Waals surface area contributed by atoms with Crippen molar-refractivity contribution in [1.29, 1.82) is 0 Å². The van der Waals surface area contributed by atoms with Gasteiger partial charge in [0, 0.05) is 29.7 Å². The maximum atomic E-state index is 13.6. The molecule has 0 bridgehead atoms. The van der Waals surface area contributed by atoms with Crippen LogP contribution in [0.25, 0.3) is 10.9 Å². The zero-order chi connectivity index (χ0) is 27.1. The molecule has 3 aromatic heterocycles. The van der Waals surface area contributed by atoms with Crippen LogP contribution in [0.3, 0.4) is 0 Å². The molecular weight excluding hydrogens is 531 g/mol. The first-order valence-corrected chi connectivity index (χ1v) is 12.9. The van der Waals surface area contributed by atoms with E-state index in [1.54, 1.807) is 24.3 Å². The van der Waals surface area contributed by atoms with Crippen molar-refractivity contribution in [2.24, 2.45) is 0 Å². The van der Waals surface area contributed by atoms with Crippen molar-refractivity contribution in [3.8, 4) is 0 Å². The van der Waals surface area contributed by atoms with Gasteiger partial charge >= 0.3 is 6.18 Å². The lowest BCUT2D eigenvalue weighted by molar-refractivity contribution is -0.138. The fourth-order valence-electron chi connectivity index (χ4n) is 3.72. The minimum atomic E-state index is -4.74. The Labute approximate surface area is 214 Å². The zero-order valence-electron chi connectivity index (χ0n) is 19.4. The average Bonchev–Trinajstić information content (AvgIpc) is 2.82. The maximum absolute atomic E-state index is 13.6. The highest BCUT2D eigenvalue weighted by molar-refractivity contribution is 7.90. The lowest BCUT2D eigenvalue weighted by atomic mass is 10.1. The Hall–Kier alpha value is -3.77. The van der Waals surface area contributed by atoms with Crippen molar-refractivity contribution >= 4 is 49.8 Å². The number of hydrogen-bond acceptors (Lipinski definition) is 7. The summed E-state index contributed by atoms with van der Waals surface area (Å²) in [5.74, 6) is -0.809. The number of alkyl halides is 3. The summed E-state index contributed by atoms with van der Waals surface area (Å²) in [6.07, 6.45) is -1.57. The van der Waals surface area contributed by atoms with E-state index in [4.69, 9.17) is 17.3 Å². The second kappa shape index (κ2) is 9.60. The Kier molecular flexibility index (Phi) is 6.82. The van der Waals surface area contributed by atoms with Gasteiger partial charge in [-0.15, -0.1) is 0 Å². The summed E-state index contributed by atoms with van der Waals surface area (Å²) in [5.41, 5.74) is 4.89. The van der Waals surface area contributed by atoms with E-state index in [9.17, 15) is 26.4 Å². The van der Waals surface area contributed by atoms with Gasteiger partial charge in [0.05, 0.1) is 33.9 Å². The Bertz CT molecular complexity index is 1640. The second-order valence-electron chi connectivity index (χ2n) is 8.23. The van der Waals surface area contributed by atoms with Crippen LogP contribution < -0.4 is 10.6 Å². The Morgan fingerprint density at radius 2 is 1.86 bits per heavy atom. The Morgan fingerprint density at radius 3 is 2.54 bits per heavy atom. The number of aryl methyl sites for hydroxylation is 1. The molecule has 8 nitrogen and oxygen atoms in total. The van der Waals surface area contributed by atoms with Crippen molar-refractivity contribution in [3.63, 3.8) is 0 Å². The highest BCUT2D eigenvalue weighted by Gasteiger charge is 2.35. The molecule has 3 heterocycles. The van der Waals surface area contributed by atoms with Gasteiger partial charge in [0.1, 0.15) is 5.82 Å².